The average molecular weight is 349 g/mol. The molecule has 0 aliphatic heterocycles. The molecule has 0 saturated heterocycles. The summed E-state index contributed by atoms with van der Waals surface area (Å²) in [7, 11) is 0. The monoisotopic (exact) mass is 349 g/mol. The molecule has 1 heterocycles. The fraction of sp³-hybridized carbons (Fsp3) is 0.150. The fourth-order valence-electron chi connectivity index (χ4n) is 2.67. The van der Waals surface area contributed by atoms with Gasteiger partial charge in [-0.25, -0.2) is 0 Å². The summed E-state index contributed by atoms with van der Waals surface area (Å²) in [4.78, 5) is 25.5. The first-order valence-corrected chi connectivity index (χ1v) is 8.24. The van der Waals surface area contributed by atoms with E-state index < -0.39 is 5.97 Å². The molecule has 132 valence electrons. The van der Waals surface area contributed by atoms with Gasteiger partial charge in [0, 0.05) is 19.3 Å². The van der Waals surface area contributed by atoms with E-state index >= 15 is 0 Å². The van der Waals surface area contributed by atoms with Crippen molar-refractivity contribution < 1.29 is 14.7 Å². The molecule has 0 spiro atoms. The average Bonchev–Trinajstić information content (AvgIpc) is 3.10. The van der Waals surface area contributed by atoms with Gasteiger partial charge in [0.05, 0.1) is 0 Å². The van der Waals surface area contributed by atoms with Crippen LogP contribution in [0.2, 0.25) is 0 Å². The molecule has 0 aliphatic rings. The highest BCUT2D eigenvalue weighted by Gasteiger charge is 2.19. The summed E-state index contributed by atoms with van der Waals surface area (Å²) in [6, 6.07) is 21.0. The third-order valence-corrected chi connectivity index (χ3v) is 3.88. The van der Waals surface area contributed by atoms with Gasteiger partial charge < -0.3 is 10.0 Å². The van der Waals surface area contributed by atoms with Gasteiger partial charge in [0.2, 0.25) is 0 Å². The van der Waals surface area contributed by atoms with Crippen LogP contribution in [0.3, 0.4) is 0 Å². The predicted molar refractivity (Wildman–Crippen MR) is 96.3 cm³/mol. The van der Waals surface area contributed by atoms with Gasteiger partial charge in [0.15, 0.2) is 0 Å². The third kappa shape index (κ3) is 4.57. The number of rotatable bonds is 7. The zero-order chi connectivity index (χ0) is 18.4. The normalized spacial score (nSPS) is 10.5. The molecule has 3 aromatic rings. The molecule has 1 amide bonds. The second-order valence-corrected chi connectivity index (χ2v) is 5.92. The Bertz CT molecular complexity index is 834. The van der Waals surface area contributed by atoms with Gasteiger partial charge in [-0.05, 0) is 17.2 Å². The maximum atomic E-state index is 13.0. The number of amides is 1. The molecule has 26 heavy (non-hydrogen) atoms. The summed E-state index contributed by atoms with van der Waals surface area (Å²) >= 11 is 0. The minimum atomic E-state index is -1.00. The van der Waals surface area contributed by atoms with Crippen molar-refractivity contribution in [3.63, 3.8) is 0 Å². The Balaban J connectivity index is 1.82. The number of benzene rings is 2. The Kier molecular flexibility index (Phi) is 5.43. The van der Waals surface area contributed by atoms with Gasteiger partial charge in [-0.3, -0.25) is 14.3 Å². The summed E-state index contributed by atoms with van der Waals surface area (Å²) in [6.45, 7) is 0.616. The highest BCUT2D eigenvalue weighted by atomic mass is 16.4. The number of hydrogen-bond acceptors (Lipinski definition) is 3. The lowest BCUT2D eigenvalue weighted by Crippen LogP contribution is -2.30. The van der Waals surface area contributed by atoms with Crippen molar-refractivity contribution in [3.05, 3.63) is 89.7 Å². The molecule has 0 aliphatic carbocycles. The molecule has 0 unspecified atom stereocenters. The quantitative estimate of drug-likeness (QED) is 0.712. The van der Waals surface area contributed by atoms with Crippen LogP contribution in [0.1, 0.15) is 21.6 Å². The van der Waals surface area contributed by atoms with Gasteiger partial charge >= 0.3 is 5.97 Å². The number of carboxylic acids is 1. The minimum Gasteiger partial charge on any atom is -0.480 e. The van der Waals surface area contributed by atoms with Gasteiger partial charge in [-0.2, -0.15) is 5.10 Å². The van der Waals surface area contributed by atoms with Crippen molar-refractivity contribution in [1.82, 2.24) is 14.7 Å². The summed E-state index contributed by atoms with van der Waals surface area (Å²) in [5, 5.41) is 13.0. The number of aromatic nitrogens is 2. The van der Waals surface area contributed by atoms with E-state index in [1.54, 1.807) is 11.0 Å². The first kappa shape index (κ1) is 17.4. The summed E-state index contributed by atoms with van der Waals surface area (Å²) < 4.78 is 1.25. The molecule has 0 bridgehead atoms. The Labute approximate surface area is 151 Å². The molecule has 1 aromatic heterocycles. The number of carbonyl (C=O) groups is 2. The van der Waals surface area contributed by atoms with E-state index in [0.29, 0.717) is 13.1 Å². The fourth-order valence-corrected chi connectivity index (χ4v) is 2.67. The predicted octanol–water partition coefficient (Wildman–Crippen LogP) is 2.81. The van der Waals surface area contributed by atoms with E-state index in [0.717, 1.165) is 11.1 Å². The van der Waals surface area contributed by atoms with Crippen LogP contribution in [-0.2, 0) is 24.4 Å². The van der Waals surface area contributed by atoms with Gasteiger partial charge in [0.25, 0.3) is 5.91 Å². The Hall–Kier alpha value is -3.41. The zero-order valence-corrected chi connectivity index (χ0v) is 14.2. The third-order valence-electron chi connectivity index (χ3n) is 3.88. The smallest absolute Gasteiger partial charge is 0.325 e. The summed E-state index contributed by atoms with van der Waals surface area (Å²) in [5.41, 5.74) is 2.27. The highest BCUT2D eigenvalue weighted by molar-refractivity contribution is 5.92. The van der Waals surface area contributed by atoms with Crippen LogP contribution in [0.25, 0.3) is 0 Å². The van der Waals surface area contributed by atoms with Gasteiger partial charge in [-0.15, -0.1) is 0 Å². The van der Waals surface area contributed by atoms with Crippen molar-refractivity contribution in [2.75, 3.05) is 0 Å². The number of nitrogens with zero attached hydrogens (tertiary/aromatic N) is 3. The maximum Gasteiger partial charge on any atom is 0.325 e. The maximum absolute atomic E-state index is 13.0. The van der Waals surface area contributed by atoms with Crippen molar-refractivity contribution in [2.24, 2.45) is 0 Å². The molecule has 0 saturated carbocycles. The van der Waals surface area contributed by atoms with Crippen LogP contribution in [0.15, 0.2) is 72.9 Å². The summed E-state index contributed by atoms with van der Waals surface area (Å²) in [6.07, 6.45) is 1.50. The first-order chi connectivity index (χ1) is 12.6. The van der Waals surface area contributed by atoms with Crippen molar-refractivity contribution in [3.8, 4) is 0 Å². The van der Waals surface area contributed by atoms with Crippen molar-refractivity contribution in [1.29, 1.82) is 0 Å². The molecule has 1 N–H and O–H groups in total. The standard InChI is InChI=1S/C20H19N3O3/c24-19(25)15-23-12-11-18(21-23)20(26)22(13-16-7-3-1-4-8-16)14-17-9-5-2-6-10-17/h1-12H,13-15H2,(H,24,25). The number of carboxylic acid groups (broad SMARTS) is 1. The SMILES string of the molecule is O=C(O)Cn1ccc(C(=O)N(Cc2ccccc2)Cc2ccccc2)n1. The zero-order valence-electron chi connectivity index (χ0n) is 14.2. The molecule has 0 atom stereocenters. The molecule has 0 radical (unpaired) electrons. The van der Waals surface area contributed by atoms with Crippen LogP contribution in [0, 0.1) is 0 Å². The molecular formula is C20H19N3O3. The lowest BCUT2D eigenvalue weighted by molar-refractivity contribution is -0.137. The Morgan fingerprint density at radius 1 is 0.885 bits per heavy atom. The van der Waals surface area contributed by atoms with Crippen LogP contribution >= 0.6 is 0 Å². The molecule has 3 rings (SSSR count). The number of hydrogen-bond donors (Lipinski definition) is 1. The lowest BCUT2D eigenvalue weighted by Gasteiger charge is -2.22. The van der Waals surface area contributed by atoms with Crippen LogP contribution in [0.5, 0.6) is 0 Å². The van der Waals surface area contributed by atoms with E-state index in [4.69, 9.17) is 5.11 Å². The molecular weight excluding hydrogens is 330 g/mol. The molecule has 6 nitrogen and oxygen atoms in total. The molecule has 6 heteroatoms. The van der Waals surface area contributed by atoms with E-state index in [9.17, 15) is 9.59 Å². The van der Waals surface area contributed by atoms with Gasteiger partial charge in [-0.1, -0.05) is 60.7 Å². The molecule has 2 aromatic carbocycles. The van der Waals surface area contributed by atoms with Crippen LogP contribution < -0.4 is 0 Å². The highest BCUT2D eigenvalue weighted by Crippen LogP contribution is 2.13. The first-order valence-electron chi connectivity index (χ1n) is 8.24. The minimum absolute atomic E-state index is 0.234. The lowest BCUT2D eigenvalue weighted by atomic mass is 10.1. The van der Waals surface area contributed by atoms with E-state index in [1.165, 1.54) is 10.9 Å². The topological polar surface area (TPSA) is 75.4 Å². The van der Waals surface area contributed by atoms with E-state index in [1.807, 2.05) is 60.7 Å². The largest absolute Gasteiger partial charge is 0.480 e. The second kappa shape index (κ2) is 8.11. The van der Waals surface area contributed by atoms with Crippen molar-refractivity contribution in [2.45, 2.75) is 19.6 Å². The number of aliphatic carboxylic acids is 1. The number of carbonyl (C=O) groups excluding carboxylic acids is 1. The van der Waals surface area contributed by atoms with Crippen molar-refractivity contribution >= 4 is 11.9 Å². The summed E-state index contributed by atoms with van der Waals surface area (Å²) in [5.74, 6) is -1.24. The second-order valence-electron chi connectivity index (χ2n) is 5.92. The van der Waals surface area contributed by atoms with E-state index in [-0.39, 0.29) is 18.1 Å². The van der Waals surface area contributed by atoms with Gasteiger partial charge in [0.1, 0.15) is 12.2 Å². The molecule has 0 fully saturated rings. The Morgan fingerprint density at radius 3 is 1.92 bits per heavy atom. The Morgan fingerprint density at radius 2 is 1.42 bits per heavy atom. The van der Waals surface area contributed by atoms with Crippen LogP contribution in [0.4, 0.5) is 0 Å². The van der Waals surface area contributed by atoms with Crippen LogP contribution in [-0.4, -0.2) is 31.7 Å². The van der Waals surface area contributed by atoms with E-state index in [2.05, 4.69) is 5.10 Å².